The van der Waals surface area contributed by atoms with Crippen LogP contribution in [0, 0.1) is 0 Å². The number of carbonyl (C=O) groups excluding carboxylic acids is 1. The van der Waals surface area contributed by atoms with Crippen molar-refractivity contribution >= 4 is 17.1 Å². The molecule has 27 heavy (non-hydrogen) atoms. The fraction of sp³-hybridized carbons (Fsp3) is 0.381. The van der Waals surface area contributed by atoms with E-state index in [2.05, 4.69) is 28.7 Å². The standard InChI is InChI=1S/C21H26N4O2/c1-5-27-17-10-8-16(9-11-17)13-19(26)23-15(4)20-24-18-7-6-12-22-21(18)25(20)14(2)3/h6-12,14-15H,5,13H2,1-4H3,(H,23,26)/t15-/m1/s1. The Morgan fingerprint density at radius 3 is 2.59 bits per heavy atom. The molecule has 0 aliphatic rings. The van der Waals surface area contributed by atoms with E-state index in [0.29, 0.717) is 13.0 Å². The zero-order chi connectivity index (χ0) is 19.4. The Kier molecular flexibility index (Phi) is 5.74. The summed E-state index contributed by atoms with van der Waals surface area (Å²) in [4.78, 5) is 21.7. The number of imidazole rings is 1. The molecule has 3 rings (SSSR count). The van der Waals surface area contributed by atoms with Crippen LogP contribution in [0.1, 0.15) is 51.2 Å². The summed E-state index contributed by atoms with van der Waals surface area (Å²) in [7, 11) is 0. The van der Waals surface area contributed by atoms with Gasteiger partial charge in [-0.2, -0.15) is 0 Å². The molecule has 1 amide bonds. The van der Waals surface area contributed by atoms with E-state index in [1.807, 2.05) is 50.2 Å². The average Bonchev–Trinajstić information content (AvgIpc) is 3.03. The largest absolute Gasteiger partial charge is 0.494 e. The first kappa shape index (κ1) is 18.9. The van der Waals surface area contributed by atoms with Crippen LogP contribution in [0.2, 0.25) is 0 Å². The molecule has 6 heteroatoms. The number of nitrogens with zero attached hydrogens (tertiary/aromatic N) is 3. The highest BCUT2D eigenvalue weighted by Gasteiger charge is 2.20. The van der Waals surface area contributed by atoms with Gasteiger partial charge in [-0.25, -0.2) is 9.97 Å². The summed E-state index contributed by atoms with van der Waals surface area (Å²) in [5.41, 5.74) is 2.63. The van der Waals surface area contributed by atoms with Crippen molar-refractivity contribution in [1.82, 2.24) is 19.9 Å². The third-order valence-electron chi connectivity index (χ3n) is 4.36. The Balaban J connectivity index is 1.73. The molecule has 0 spiro atoms. The summed E-state index contributed by atoms with van der Waals surface area (Å²) in [5, 5.41) is 3.06. The minimum Gasteiger partial charge on any atom is -0.494 e. The molecule has 0 aliphatic carbocycles. The summed E-state index contributed by atoms with van der Waals surface area (Å²) in [6, 6.07) is 11.4. The number of hydrogen-bond donors (Lipinski definition) is 1. The highest BCUT2D eigenvalue weighted by atomic mass is 16.5. The molecule has 0 radical (unpaired) electrons. The van der Waals surface area contributed by atoms with E-state index in [9.17, 15) is 4.79 Å². The molecule has 2 aromatic heterocycles. The van der Waals surface area contributed by atoms with Gasteiger partial charge in [0.05, 0.1) is 19.1 Å². The minimum atomic E-state index is -0.211. The molecule has 0 bridgehead atoms. The van der Waals surface area contributed by atoms with Crippen molar-refractivity contribution in [2.45, 2.75) is 46.2 Å². The molecule has 1 atom stereocenters. The normalized spacial score (nSPS) is 12.3. The van der Waals surface area contributed by atoms with Crippen LogP contribution < -0.4 is 10.1 Å². The lowest BCUT2D eigenvalue weighted by Gasteiger charge is -2.18. The van der Waals surface area contributed by atoms with Crippen LogP contribution in [0.5, 0.6) is 5.75 Å². The number of aromatic nitrogens is 3. The van der Waals surface area contributed by atoms with Crippen LogP contribution >= 0.6 is 0 Å². The Bertz CT molecular complexity index is 916. The second kappa shape index (κ2) is 8.20. The Labute approximate surface area is 159 Å². The first-order chi connectivity index (χ1) is 13.0. The van der Waals surface area contributed by atoms with Gasteiger partial charge in [-0.3, -0.25) is 4.79 Å². The van der Waals surface area contributed by atoms with Crippen molar-refractivity contribution in [3.05, 3.63) is 54.0 Å². The van der Waals surface area contributed by atoms with Gasteiger partial charge in [0.2, 0.25) is 5.91 Å². The molecule has 142 valence electrons. The summed E-state index contributed by atoms with van der Waals surface area (Å²) in [5.74, 6) is 1.59. The number of benzene rings is 1. The highest BCUT2D eigenvalue weighted by Crippen LogP contribution is 2.23. The summed E-state index contributed by atoms with van der Waals surface area (Å²) in [6.45, 7) is 8.71. The van der Waals surface area contributed by atoms with E-state index in [1.165, 1.54) is 0 Å². The molecular formula is C21H26N4O2. The first-order valence-electron chi connectivity index (χ1n) is 9.33. The summed E-state index contributed by atoms with van der Waals surface area (Å²) < 4.78 is 7.52. The van der Waals surface area contributed by atoms with Crippen molar-refractivity contribution in [3.8, 4) is 5.75 Å². The van der Waals surface area contributed by atoms with Gasteiger partial charge in [-0.05, 0) is 57.5 Å². The van der Waals surface area contributed by atoms with Gasteiger partial charge in [-0.1, -0.05) is 12.1 Å². The number of carbonyl (C=O) groups is 1. The summed E-state index contributed by atoms with van der Waals surface area (Å²) in [6.07, 6.45) is 2.08. The number of hydrogen-bond acceptors (Lipinski definition) is 4. The number of rotatable bonds is 7. The number of ether oxygens (including phenoxy) is 1. The Morgan fingerprint density at radius 2 is 1.93 bits per heavy atom. The molecule has 1 N–H and O–H groups in total. The number of fused-ring (bicyclic) bond motifs is 1. The zero-order valence-corrected chi connectivity index (χ0v) is 16.3. The lowest BCUT2D eigenvalue weighted by Crippen LogP contribution is -2.30. The predicted molar refractivity (Wildman–Crippen MR) is 106 cm³/mol. The lowest BCUT2D eigenvalue weighted by atomic mass is 10.1. The Morgan fingerprint density at radius 1 is 1.19 bits per heavy atom. The smallest absolute Gasteiger partial charge is 0.224 e. The number of pyridine rings is 1. The van der Waals surface area contributed by atoms with E-state index in [4.69, 9.17) is 9.72 Å². The molecule has 0 saturated carbocycles. The van der Waals surface area contributed by atoms with Gasteiger partial charge in [0, 0.05) is 12.2 Å². The van der Waals surface area contributed by atoms with Crippen molar-refractivity contribution in [2.75, 3.05) is 6.61 Å². The van der Waals surface area contributed by atoms with Crippen molar-refractivity contribution in [1.29, 1.82) is 0 Å². The maximum atomic E-state index is 12.5. The topological polar surface area (TPSA) is 69.0 Å². The van der Waals surface area contributed by atoms with Crippen LogP contribution in [0.3, 0.4) is 0 Å². The Hall–Kier alpha value is -2.89. The second-order valence-electron chi connectivity index (χ2n) is 6.82. The molecule has 6 nitrogen and oxygen atoms in total. The fourth-order valence-corrected chi connectivity index (χ4v) is 3.17. The SMILES string of the molecule is CCOc1ccc(CC(=O)N[C@H](C)c2nc3cccnc3n2C(C)C)cc1. The van der Waals surface area contributed by atoms with Gasteiger partial charge < -0.3 is 14.6 Å². The predicted octanol–water partition coefficient (Wildman–Crippen LogP) is 3.83. The van der Waals surface area contributed by atoms with Crippen LogP contribution in [0.4, 0.5) is 0 Å². The van der Waals surface area contributed by atoms with Crippen LogP contribution in [0.25, 0.3) is 11.2 Å². The van der Waals surface area contributed by atoms with E-state index < -0.39 is 0 Å². The molecule has 3 aromatic rings. The molecule has 0 unspecified atom stereocenters. The molecule has 0 fully saturated rings. The van der Waals surface area contributed by atoms with Gasteiger partial charge >= 0.3 is 0 Å². The zero-order valence-electron chi connectivity index (χ0n) is 16.3. The third-order valence-corrected chi connectivity index (χ3v) is 4.36. The maximum absolute atomic E-state index is 12.5. The minimum absolute atomic E-state index is 0.0398. The maximum Gasteiger partial charge on any atom is 0.224 e. The average molecular weight is 366 g/mol. The third kappa shape index (κ3) is 4.27. The lowest BCUT2D eigenvalue weighted by molar-refractivity contribution is -0.121. The van der Waals surface area contributed by atoms with E-state index in [0.717, 1.165) is 28.3 Å². The van der Waals surface area contributed by atoms with Crippen molar-refractivity contribution in [3.63, 3.8) is 0 Å². The van der Waals surface area contributed by atoms with Gasteiger partial charge in [0.15, 0.2) is 5.65 Å². The molecule has 2 heterocycles. The van der Waals surface area contributed by atoms with Crippen LogP contribution in [0.15, 0.2) is 42.6 Å². The monoisotopic (exact) mass is 366 g/mol. The van der Waals surface area contributed by atoms with Crippen LogP contribution in [-0.2, 0) is 11.2 Å². The second-order valence-corrected chi connectivity index (χ2v) is 6.82. The number of amides is 1. The molecule has 0 saturated heterocycles. The fourth-order valence-electron chi connectivity index (χ4n) is 3.17. The number of nitrogens with one attached hydrogen (secondary N) is 1. The first-order valence-corrected chi connectivity index (χ1v) is 9.33. The van der Waals surface area contributed by atoms with Crippen molar-refractivity contribution in [2.24, 2.45) is 0 Å². The highest BCUT2D eigenvalue weighted by molar-refractivity contribution is 5.79. The van der Waals surface area contributed by atoms with Crippen LogP contribution in [-0.4, -0.2) is 27.0 Å². The van der Waals surface area contributed by atoms with E-state index in [-0.39, 0.29) is 18.0 Å². The van der Waals surface area contributed by atoms with E-state index in [1.54, 1.807) is 6.20 Å². The summed E-state index contributed by atoms with van der Waals surface area (Å²) >= 11 is 0. The van der Waals surface area contributed by atoms with E-state index >= 15 is 0 Å². The molecule has 1 aromatic carbocycles. The molecular weight excluding hydrogens is 340 g/mol. The van der Waals surface area contributed by atoms with Gasteiger partial charge in [-0.15, -0.1) is 0 Å². The van der Waals surface area contributed by atoms with Gasteiger partial charge in [0.1, 0.15) is 17.1 Å². The van der Waals surface area contributed by atoms with Gasteiger partial charge in [0.25, 0.3) is 0 Å². The molecule has 0 aliphatic heterocycles. The van der Waals surface area contributed by atoms with Crippen molar-refractivity contribution < 1.29 is 9.53 Å². The quantitative estimate of drug-likeness (QED) is 0.690.